The molecule has 7 nitrogen and oxygen atoms in total. The molecule has 5 aliphatic carbocycles. The fraction of sp³-hybridized carbons (Fsp3) is 0.848. The Labute approximate surface area is 239 Å². The van der Waals surface area contributed by atoms with Crippen molar-refractivity contribution in [3.63, 3.8) is 0 Å². The summed E-state index contributed by atoms with van der Waals surface area (Å²) in [6.07, 6.45) is 5.57. The SMILES string of the molecule is C=C[C@]12CC[C@H](O)[C@](C)(COC(C)=O)C1CC[C@]1(C)C2CC=C2C3CC(C)(C)[C@@H](O)[C@H](O)[C@]3(CO)[C@H](O)C[C@]21C. The van der Waals surface area contributed by atoms with E-state index in [1.165, 1.54) is 12.5 Å². The van der Waals surface area contributed by atoms with Crippen LogP contribution in [-0.2, 0) is 9.53 Å². The average molecular weight is 561 g/mol. The molecule has 3 unspecified atom stereocenters. The predicted molar refractivity (Wildman–Crippen MR) is 152 cm³/mol. The number of rotatable bonds is 4. The first-order chi connectivity index (χ1) is 18.5. The Kier molecular flexibility index (Phi) is 7.08. The average Bonchev–Trinajstić information content (AvgIpc) is 2.88. The van der Waals surface area contributed by atoms with Crippen molar-refractivity contribution >= 4 is 5.97 Å². The molecule has 0 aromatic rings. The monoisotopic (exact) mass is 560 g/mol. The van der Waals surface area contributed by atoms with Crippen LogP contribution in [0.3, 0.4) is 0 Å². The zero-order valence-electron chi connectivity index (χ0n) is 25.3. The van der Waals surface area contributed by atoms with Crippen LogP contribution in [0.2, 0.25) is 0 Å². The van der Waals surface area contributed by atoms with Crippen LogP contribution in [0.1, 0.15) is 86.5 Å². The van der Waals surface area contributed by atoms with Gasteiger partial charge in [0.2, 0.25) is 0 Å². The van der Waals surface area contributed by atoms with E-state index in [-0.39, 0.29) is 53.2 Å². The van der Waals surface area contributed by atoms with Crippen molar-refractivity contribution in [1.82, 2.24) is 0 Å². The van der Waals surface area contributed by atoms with Gasteiger partial charge in [-0.25, -0.2) is 0 Å². The van der Waals surface area contributed by atoms with Crippen LogP contribution in [0.5, 0.6) is 0 Å². The molecule has 7 heteroatoms. The summed E-state index contributed by atoms with van der Waals surface area (Å²) in [5.74, 6) is -0.298. The van der Waals surface area contributed by atoms with Gasteiger partial charge in [-0.2, -0.15) is 0 Å². The lowest BCUT2D eigenvalue weighted by molar-refractivity contribution is -0.256. The third kappa shape index (κ3) is 3.57. The van der Waals surface area contributed by atoms with Crippen LogP contribution in [-0.4, -0.2) is 69.1 Å². The predicted octanol–water partition coefficient (Wildman–Crippen LogP) is 3.76. The molecule has 4 saturated carbocycles. The third-order valence-corrected chi connectivity index (χ3v) is 13.8. The molecule has 0 aliphatic heterocycles. The number of carbonyl (C=O) groups excluding carboxylic acids is 1. The molecule has 5 N–H and O–H groups in total. The lowest BCUT2D eigenvalue weighted by atomic mass is 9.32. The molecular formula is C33H52O7. The molecule has 5 aliphatic rings. The Morgan fingerprint density at radius 3 is 2.27 bits per heavy atom. The van der Waals surface area contributed by atoms with E-state index in [4.69, 9.17) is 4.74 Å². The zero-order valence-corrected chi connectivity index (χ0v) is 25.3. The van der Waals surface area contributed by atoms with Crippen molar-refractivity contribution in [3.8, 4) is 0 Å². The van der Waals surface area contributed by atoms with Crippen molar-refractivity contribution in [1.29, 1.82) is 0 Å². The standard InChI is InChI=1S/C33H52O7/c1-8-32-14-12-24(36)29(5,18-40-19(2)35)22(32)11-13-30(6)23(32)10-9-20-21-15-28(3,4)26(38)27(39)33(21,17-34)25(37)16-31(20,30)7/h8-9,21-27,34,36-39H,1,10-18H2,2-7H3/t21?,22?,23?,24-,25+,26-,27-,29+,30+,31+,32-,33-/m0/s1. The molecule has 0 heterocycles. The van der Waals surface area contributed by atoms with Gasteiger partial charge < -0.3 is 30.3 Å². The molecule has 40 heavy (non-hydrogen) atoms. The number of aliphatic hydroxyl groups is 5. The Bertz CT molecular complexity index is 1080. The van der Waals surface area contributed by atoms with Crippen molar-refractivity contribution < 1.29 is 35.1 Å². The van der Waals surface area contributed by atoms with Crippen molar-refractivity contribution in [2.75, 3.05) is 13.2 Å². The van der Waals surface area contributed by atoms with E-state index in [0.29, 0.717) is 19.3 Å². The smallest absolute Gasteiger partial charge is 0.302 e. The molecular weight excluding hydrogens is 508 g/mol. The van der Waals surface area contributed by atoms with Crippen LogP contribution < -0.4 is 0 Å². The number of carbonyl (C=O) groups is 1. The molecule has 0 spiro atoms. The third-order valence-electron chi connectivity index (χ3n) is 13.8. The first kappa shape index (κ1) is 30.2. The van der Waals surface area contributed by atoms with Crippen LogP contribution in [0.15, 0.2) is 24.3 Å². The second kappa shape index (κ2) is 9.37. The number of hydrogen-bond donors (Lipinski definition) is 5. The Morgan fingerprint density at radius 1 is 1.00 bits per heavy atom. The van der Waals surface area contributed by atoms with E-state index in [1.807, 2.05) is 13.8 Å². The lowest BCUT2D eigenvalue weighted by Gasteiger charge is -2.72. The van der Waals surface area contributed by atoms with E-state index < -0.39 is 40.7 Å². The fourth-order valence-electron chi connectivity index (χ4n) is 11.1. The number of ether oxygens (including phenoxy) is 1. The van der Waals surface area contributed by atoms with Gasteiger partial charge >= 0.3 is 5.97 Å². The number of fused-ring (bicyclic) bond motifs is 7. The van der Waals surface area contributed by atoms with Gasteiger partial charge in [0.1, 0.15) is 0 Å². The Balaban J connectivity index is 1.62. The first-order valence-electron chi connectivity index (χ1n) is 15.3. The fourth-order valence-corrected chi connectivity index (χ4v) is 11.1. The quantitative estimate of drug-likeness (QED) is 0.262. The molecule has 0 saturated heterocycles. The van der Waals surface area contributed by atoms with Gasteiger partial charge in [0.05, 0.1) is 43.0 Å². The van der Waals surface area contributed by atoms with Gasteiger partial charge in [-0.1, -0.05) is 52.3 Å². The van der Waals surface area contributed by atoms with Crippen molar-refractivity contribution in [2.45, 2.75) is 111 Å². The second-order valence-corrected chi connectivity index (χ2v) is 15.6. The molecule has 0 bridgehead atoms. The summed E-state index contributed by atoms with van der Waals surface area (Å²) >= 11 is 0. The number of allylic oxidation sites excluding steroid dienone is 3. The molecule has 0 aromatic heterocycles. The first-order valence-corrected chi connectivity index (χ1v) is 15.3. The van der Waals surface area contributed by atoms with Gasteiger partial charge in [-0.05, 0) is 84.4 Å². The molecule has 4 fully saturated rings. The van der Waals surface area contributed by atoms with Crippen molar-refractivity contribution in [3.05, 3.63) is 24.3 Å². The molecule has 226 valence electrons. The highest BCUT2D eigenvalue weighted by Gasteiger charge is 2.72. The number of hydrogen-bond acceptors (Lipinski definition) is 7. The van der Waals surface area contributed by atoms with E-state index in [0.717, 1.165) is 25.7 Å². The highest BCUT2D eigenvalue weighted by Crippen LogP contribution is 2.76. The second-order valence-electron chi connectivity index (χ2n) is 15.6. The summed E-state index contributed by atoms with van der Waals surface area (Å²) in [6, 6.07) is 0. The number of esters is 1. The van der Waals surface area contributed by atoms with Gasteiger partial charge in [-0.3, -0.25) is 4.79 Å². The van der Waals surface area contributed by atoms with E-state index >= 15 is 0 Å². The minimum atomic E-state index is -1.23. The van der Waals surface area contributed by atoms with Gasteiger partial charge in [-0.15, -0.1) is 6.58 Å². The minimum Gasteiger partial charge on any atom is -0.465 e. The van der Waals surface area contributed by atoms with Gasteiger partial charge in [0, 0.05) is 12.3 Å². The maximum absolute atomic E-state index is 11.9. The summed E-state index contributed by atoms with van der Waals surface area (Å²) < 4.78 is 5.55. The lowest BCUT2D eigenvalue weighted by Crippen LogP contribution is -2.71. The van der Waals surface area contributed by atoms with E-state index in [1.54, 1.807) is 0 Å². The summed E-state index contributed by atoms with van der Waals surface area (Å²) in [6.45, 7) is 16.2. The highest BCUT2D eigenvalue weighted by atomic mass is 16.5. The largest absolute Gasteiger partial charge is 0.465 e. The summed E-state index contributed by atoms with van der Waals surface area (Å²) in [5.41, 5.74) is -2.02. The van der Waals surface area contributed by atoms with Gasteiger partial charge in [0.25, 0.3) is 0 Å². The normalized spacial score (nSPS) is 53.2. The minimum absolute atomic E-state index is 0.0906. The topological polar surface area (TPSA) is 127 Å². The number of aliphatic hydroxyl groups excluding tert-OH is 5. The molecule has 0 amide bonds. The van der Waals surface area contributed by atoms with Gasteiger partial charge in [0.15, 0.2) is 0 Å². The molecule has 5 rings (SSSR count). The Hall–Kier alpha value is -1.25. The van der Waals surface area contributed by atoms with E-state index in [2.05, 4.69) is 39.5 Å². The van der Waals surface area contributed by atoms with Crippen molar-refractivity contribution in [2.24, 2.45) is 50.2 Å². The molecule has 12 atom stereocenters. The summed E-state index contributed by atoms with van der Waals surface area (Å²) in [5, 5.41) is 56.4. The zero-order chi connectivity index (χ0) is 29.7. The van der Waals surface area contributed by atoms with E-state index in [9.17, 15) is 30.3 Å². The Morgan fingerprint density at radius 2 is 1.68 bits per heavy atom. The summed E-state index contributed by atoms with van der Waals surface area (Å²) in [4.78, 5) is 11.8. The molecule has 0 radical (unpaired) electrons. The van der Waals surface area contributed by atoms with Crippen LogP contribution in [0.25, 0.3) is 0 Å². The van der Waals surface area contributed by atoms with Crippen LogP contribution in [0, 0.1) is 50.2 Å². The van der Waals surface area contributed by atoms with Crippen LogP contribution in [0.4, 0.5) is 0 Å². The highest BCUT2D eigenvalue weighted by molar-refractivity contribution is 5.65. The van der Waals surface area contributed by atoms with Crippen LogP contribution >= 0.6 is 0 Å². The maximum atomic E-state index is 11.9. The maximum Gasteiger partial charge on any atom is 0.302 e. The molecule has 0 aromatic carbocycles. The summed E-state index contributed by atoms with van der Waals surface area (Å²) in [7, 11) is 0.